The second-order valence-corrected chi connectivity index (χ2v) is 6.14. The molecule has 1 aromatic rings. The van der Waals surface area contributed by atoms with Crippen molar-refractivity contribution in [3.63, 3.8) is 0 Å². The van der Waals surface area contributed by atoms with Gasteiger partial charge in [0.15, 0.2) is 11.5 Å². The number of rotatable bonds is 4. The van der Waals surface area contributed by atoms with Crippen LogP contribution in [0.15, 0.2) is 18.2 Å². The number of carbonyl (C=O) groups excluding carboxylic acids is 1. The summed E-state index contributed by atoms with van der Waals surface area (Å²) in [5.74, 6) is 1.87. The van der Waals surface area contributed by atoms with Crippen molar-refractivity contribution in [1.82, 2.24) is 9.80 Å². The second-order valence-electron chi connectivity index (χ2n) is 6.14. The third-order valence-electron chi connectivity index (χ3n) is 4.43. The van der Waals surface area contributed by atoms with Crippen molar-refractivity contribution in [3.8, 4) is 11.5 Å². The van der Waals surface area contributed by atoms with Gasteiger partial charge in [-0.1, -0.05) is 6.07 Å². The normalized spacial score (nSPS) is 20.9. The van der Waals surface area contributed by atoms with E-state index in [4.69, 9.17) is 9.47 Å². The zero-order valence-corrected chi connectivity index (χ0v) is 13.4. The average Bonchev–Trinajstić information content (AvgIpc) is 3.00. The Morgan fingerprint density at radius 1 is 1.27 bits per heavy atom. The Morgan fingerprint density at radius 2 is 2.05 bits per heavy atom. The lowest BCUT2D eigenvalue weighted by atomic mass is 10.0. The maximum Gasteiger partial charge on any atom is 0.223 e. The molecule has 0 saturated carbocycles. The molecule has 3 rings (SSSR count). The molecule has 0 radical (unpaired) electrons. The van der Waals surface area contributed by atoms with Gasteiger partial charge in [-0.3, -0.25) is 9.69 Å². The van der Waals surface area contributed by atoms with E-state index < -0.39 is 0 Å². The van der Waals surface area contributed by atoms with Crippen molar-refractivity contribution in [2.45, 2.75) is 25.3 Å². The number of benzene rings is 1. The van der Waals surface area contributed by atoms with Crippen molar-refractivity contribution < 1.29 is 14.3 Å². The highest BCUT2D eigenvalue weighted by molar-refractivity contribution is 5.75. The number of ether oxygens (including phenoxy) is 2. The number of amides is 1. The van der Waals surface area contributed by atoms with Gasteiger partial charge in [-0.05, 0) is 37.1 Å². The molecule has 2 heterocycles. The maximum atomic E-state index is 11.8. The van der Waals surface area contributed by atoms with Crippen molar-refractivity contribution >= 4 is 5.91 Å². The monoisotopic (exact) mass is 304 g/mol. The van der Waals surface area contributed by atoms with Crippen LogP contribution in [0, 0.1) is 0 Å². The molecule has 5 heteroatoms. The summed E-state index contributed by atoms with van der Waals surface area (Å²) in [6.45, 7) is 3.10. The van der Waals surface area contributed by atoms with E-state index in [1.54, 1.807) is 4.90 Å². The molecule has 0 N–H and O–H groups in total. The lowest BCUT2D eigenvalue weighted by molar-refractivity contribution is -0.129. The molecule has 5 nitrogen and oxygen atoms in total. The van der Waals surface area contributed by atoms with Gasteiger partial charge in [-0.15, -0.1) is 0 Å². The Bertz CT molecular complexity index is 545. The summed E-state index contributed by atoms with van der Waals surface area (Å²) < 4.78 is 11.3. The molecule has 1 amide bonds. The first-order chi connectivity index (χ1) is 10.6. The van der Waals surface area contributed by atoms with Gasteiger partial charge in [0.05, 0.1) is 0 Å². The highest BCUT2D eigenvalue weighted by Gasteiger charge is 2.27. The first-order valence-electron chi connectivity index (χ1n) is 7.99. The topological polar surface area (TPSA) is 42.0 Å². The fourth-order valence-electron chi connectivity index (χ4n) is 3.20. The van der Waals surface area contributed by atoms with E-state index in [1.165, 1.54) is 12.0 Å². The maximum absolute atomic E-state index is 11.8. The van der Waals surface area contributed by atoms with Gasteiger partial charge < -0.3 is 14.4 Å². The molecule has 120 valence electrons. The molecule has 1 aromatic carbocycles. The molecule has 0 bridgehead atoms. The largest absolute Gasteiger partial charge is 0.486 e. The van der Waals surface area contributed by atoms with E-state index >= 15 is 0 Å². The standard InChI is InChI=1S/C17H24N2O3/c1-18(2)17(20)7-9-19-8-3-4-14(19)13-5-6-15-16(12-13)22-11-10-21-15/h5-6,12,14H,3-4,7-11H2,1-2H3. The highest BCUT2D eigenvalue weighted by Crippen LogP contribution is 2.37. The van der Waals surface area contributed by atoms with E-state index in [-0.39, 0.29) is 5.91 Å². The molecule has 0 spiro atoms. The van der Waals surface area contributed by atoms with E-state index in [0.717, 1.165) is 31.0 Å². The lowest BCUT2D eigenvalue weighted by Gasteiger charge is -2.26. The van der Waals surface area contributed by atoms with Crippen molar-refractivity contribution in [1.29, 1.82) is 0 Å². The van der Waals surface area contributed by atoms with Crippen LogP contribution in [0.1, 0.15) is 30.9 Å². The smallest absolute Gasteiger partial charge is 0.223 e. The number of hydrogen-bond acceptors (Lipinski definition) is 4. The molecule has 2 aliphatic rings. The molecule has 22 heavy (non-hydrogen) atoms. The quantitative estimate of drug-likeness (QED) is 0.854. The SMILES string of the molecule is CN(C)C(=O)CCN1CCCC1c1ccc2c(c1)OCCO2. The molecular weight excluding hydrogens is 280 g/mol. The number of likely N-dealkylation sites (tertiary alicyclic amines) is 1. The van der Waals surface area contributed by atoms with Crippen LogP contribution in [0.2, 0.25) is 0 Å². The predicted molar refractivity (Wildman–Crippen MR) is 84.3 cm³/mol. The van der Waals surface area contributed by atoms with Crippen LogP contribution in [0.25, 0.3) is 0 Å². The summed E-state index contributed by atoms with van der Waals surface area (Å²) in [4.78, 5) is 15.9. The van der Waals surface area contributed by atoms with Gasteiger partial charge in [-0.25, -0.2) is 0 Å². The molecule has 0 aliphatic carbocycles. The van der Waals surface area contributed by atoms with Crippen molar-refractivity contribution in [2.75, 3.05) is 40.4 Å². The van der Waals surface area contributed by atoms with Crippen LogP contribution in [0.5, 0.6) is 11.5 Å². The Kier molecular flexibility index (Phi) is 4.52. The summed E-state index contributed by atoms with van der Waals surface area (Å²) in [6.07, 6.45) is 2.89. The molecule has 2 aliphatic heterocycles. The number of nitrogens with zero attached hydrogens (tertiary/aromatic N) is 2. The van der Waals surface area contributed by atoms with Crippen LogP contribution in [0.4, 0.5) is 0 Å². The Labute approximate surface area is 131 Å². The van der Waals surface area contributed by atoms with Gasteiger partial charge >= 0.3 is 0 Å². The minimum atomic E-state index is 0.188. The van der Waals surface area contributed by atoms with Gasteiger partial charge in [0.25, 0.3) is 0 Å². The zero-order chi connectivity index (χ0) is 15.5. The number of carbonyl (C=O) groups is 1. The van der Waals surface area contributed by atoms with E-state index in [2.05, 4.69) is 17.0 Å². The summed E-state index contributed by atoms with van der Waals surface area (Å²) in [5.41, 5.74) is 1.26. The van der Waals surface area contributed by atoms with Crippen molar-refractivity contribution in [2.24, 2.45) is 0 Å². The highest BCUT2D eigenvalue weighted by atomic mass is 16.6. The van der Waals surface area contributed by atoms with Gasteiger partial charge in [0.2, 0.25) is 5.91 Å². The van der Waals surface area contributed by atoms with Crippen LogP contribution >= 0.6 is 0 Å². The molecule has 0 aromatic heterocycles. The molecular formula is C17H24N2O3. The first kappa shape index (κ1) is 15.2. The third kappa shape index (κ3) is 3.19. The fourth-order valence-corrected chi connectivity index (χ4v) is 3.20. The predicted octanol–water partition coefficient (Wildman–Crippen LogP) is 2.07. The molecule has 1 saturated heterocycles. The lowest BCUT2D eigenvalue weighted by Crippen LogP contribution is -2.30. The summed E-state index contributed by atoms with van der Waals surface area (Å²) in [6, 6.07) is 6.62. The van der Waals surface area contributed by atoms with Crippen LogP contribution in [-0.2, 0) is 4.79 Å². The minimum Gasteiger partial charge on any atom is -0.486 e. The average molecular weight is 304 g/mol. The summed E-state index contributed by atoms with van der Waals surface area (Å²) in [5, 5.41) is 0. The number of fused-ring (bicyclic) bond motifs is 1. The Hall–Kier alpha value is -1.75. The van der Waals surface area contributed by atoms with E-state index in [0.29, 0.717) is 25.7 Å². The van der Waals surface area contributed by atoms with Crippen molar-refractivity contribution in [3.05, 3.63) is 23.8 Å². The fraction of sp³-hybridized carbons (Fsp3) is 0.588. The van der Waals surface area contributed by atoms with Crippen LogP contribution in [-0.4, -0.2) is 56.1 Å². The van der Waals surface area contributed by atoms with Gasteiger partial charge in [-0.2, -0.15) is 0 Å². The molecule has 1 atom stereocenters. The second kappa shape index (κ2) is 6.57. The van der Waals surface area contributed by atoms with E-state index in [9.17, 15) is 4.79 Å². The summed E-state index contributed by atoms with van der Waals surface area (Å²) in [7, 11) is 3.62. The first-order valence-corrected chi connectivity index (χ1v) is 7.99. The summed E-state index contributed by atoms with van der Waals surface area (Å²) >= 11 is 0. The van der Waals surface area contributed by atoms with Crippen LogP contribution in [0.3, 0.4) is 0 Å². The molecule has 1 unspecified atom stereocenters. The Morgan fingerprint density at radius 3 is 2.82 bits per heavy atom. The van der Waals surface area contributed by atoms with Gasteiger partial charge in [0.1, 0.15) is 13.2 Å². The zero-order valence-electron chi connectivity index (χ0n) is 13.4. The van der Waals surface area contributed by atoms with Crippen LogP contribution < -0.4 is 9.47 Å². The number of hydrogen-bond donors (Lipinski definition) is 0. The Balaban J connectivity index is 1.69. The third-order valence-corrected chi connectivity index (χ3v) is 4.43. The minimum absolute atomic E-state index is 0.188. The molecule has 1 fully saturated rings. The van der Waals surface area contributed by atoms with Gasteiger partial charge in [0, 0.05) is 33.1 Å². The van der Waals surface area contributed by atoms with E-state index in [1.807, 2.05) is 20.2 Å².